The molecular weight excluding hydrogens is 361 g/mol. The lowest BCUT2D eigenvalue weighted by Gasteiger charge is -2.25. The molecule has 0 unspecified atom stereocenters. The van der Waals surface area contributed by atoms with Gasteiger partial charge in [0.2, 0.25) is 0 Å². The fourth-order valence-corrected chi connectivity index (χ4v) is 3.27. The Hall–Kier alpha value is -2.69. The van der Waals surface area contributed by atoms with Crippen molar-refractivity contribution in [1.29, 1.82) is 0 Å². The molecule has 1 aliphatic heterocycles. The second kappa shape index (κ2) is 5.69. The zero-order valence-electron chi connectivity index (χ0n) is 12.6. The third-order valence-corrected chi connectivity index (χ3v) is 4.88. The van der Waals surface area contributed by atoms with E-state index < -0.39 is 17.7 Å². The van der Waals surface area contributed by atoms with Crippen molar-refractivity contribution in [2.24, 2.45) is 0 Å². The standard InChI is InChI=1S/C19H9Cl2NO3/c20-14-8-7-11(9-15(14)21)17(23)22-18(24)12-5-1-3-10-4-2-6-13(16(10)12)19(22)25/h1-9H. The summed E-state index contributed by atoms with van der Waals surface area (Å²) in [5.41, 5.74) is 0.755. The number of nitrogens with zero attached hydrogens (tertiary/aromatic N) is 1. The number of hydrogen-bond acceptors (Lipinski definition) is 3. The molecule has 4 nitrogen and oxygen atoms in total. The number of benzene rings is 3. The van der Waals surface area contributed by atoms with Gasteiger partial charge in [-0.2, -0.15) is 0 Å². The average Bonchev–Trinajstić information content (AvgIpc) is 2.62. The molecule has 0 saturated carbocycles. The lowest BCUT2D eigenvalue weighted by atomic mass is 9.93. The Labute approximate surface area is 152 Å². The normalized spacial score (nSPS) is 13.4. The lowest BCUT2D eigenvalue weighted by molar-refractivity contribution is 0.0534. The van der Waals surface area contributed by atoms with Crippen molar-refractivity contribution in [3.8, 4) is 0 Å². The zero-order chi connectivity index (χ0) is 17.7. The van der Waals surface area contributed by atoms with Crippen LogP contribution in [0.15, 0.2) is 54.6 Å². The largest absolute Gasteiger partial charge is 0.268 e. The second-order valence-electron chi connectivity index (χ2n) is 5.59. The van der Waals surface area contributed by atoms with Crippen LogP contribution in [-0.4, -0.2) is 22.6 Å². The van der Waals surface area contributed by atoms with Gasteiger partial charge in [-0.1, -0.05) is 47.5 Å². The molecule has 0 saturated heterocycles. The van der Waals surface area contributed by atoms with E-state index in [1.165, 1.54) is 18.2 Å². The van der Waals surface area contributed by atoms with Gasteiger partial charge in [-0.15, -0.1) is 0 Å². The first-order chi connectivity index (χ1) is 12.0. The van der Waals surface area contributed by atoms with Gasteiger partial charge in [0, 0.05) is 22.1 Å². The van der Waals surface area contributed by atoms with E-state index in [-0.39, 0.29) is 15.6 Å². The van der Waals surface area contributed by atoms with Crippen molar-refractivity contribution < 1.29 is 14.4 Å². The molecule has 3 amide bonds. The Kier molecular flexibility index (Phi) is 3.60. The molecule has 0 spiro atoms. The molecule has 0 aromatic heterocycles. The quantitative estimate of drug-likeness (QED) is 0.589. The number of carbonyl (C=O) groups is 3. The fraction of sp³-hybridized carbons (Fsp3) is 0. The molecule has 0 fully saturated rings. The van der Waals surface area contributed by atoms with Crippen LogP contribution in [0.25, 0.3) is 10.8 Å². The van der Waals surface area contributed by atoms with Crippen LogP contribution in [-0.2, 0) is 0 Å². The van der Waals surface area contributed by atoms with Gasteiger partial charge in [0.25, 0.3) is 17.7 Å². The Balaban J connectivity index is 1.87. The maximum Gasteiger partial charge on any atom is 0.268 e. The van der Waals surface area contributed by atoms with Gasteiger partial charge in [0.15, 0.2) is 0 Å². The highest BCUT2D eigenvalue weighted by molar-refractivity contribution is 6.42. The molecule has 1 heterocycles. The van der Waals surface area contributed by atoms with Gasteiger partial charge in [0.05, 0.1) is 10.0 Å². The van der Waals surface area contributed by atoms with Crippen LogP contribution in [0.1, 0.15) is 31.1 Å². The van der Waals surface area contributed by atoms with Crippen molar-refractivity contribution >= 4 is 51.7 Å². The second-order valence-corrected chi connectivity index (χ2v) is 6.40. The number of halogens is 2. The molecule has 3 aromatic carbocycles. The van der Waals surface area contributed by atoms with E-state index in [2.05, 4.69) is 0 Å². The summed E-state index contributed by atoms with van der Waals surface area (Å²) in [6, 6.07) is 14.5. The van der Waals surface area contributed by atoms with E-state index in [1.807, 2.05) is 12.1 Å². The Morgan fingerprint density at radius 2 is 1.40 bits per heavy atom. The van der Waals surface area contributed by atoms with Crippen LogP contribution in [0.2, 0.25) is 10.0 Å². The van der Waals surface area contributed by atoms with Crippen molar-refractivity contribution in [2.75, 3.05) is 0 Å². The third kappa shape index (κ3) is 2.34. The van der Waals surface area contributed by atoms with Crippen LogP contribution in [0, 0.1) is 0 Å². The molecule has 1 aliphatic rings. The minimum Gasteiger partial charge on any atom is -0.268 e. The molecule has 4 rings (SSSR count). The highest BCUT2D eigenvalue weighted by Crippen LogP contribution is 2.31. The van der Waals surface area contributed by atoms with E-state index in [0.29, 0.717) is 21.4 Å². The molecule has 0 atom stereocenters. The highest BCUT2D eigenvalue weighted by atomic mass is 35.5. The summed E-state index contributed by atoms with van der Waals surface area (Å²) >= 11 is 11.8. The summed E-state index contributed by atoms with van der Waals surface area (Å²) in [5, 5.41) is 1.80. The van der Waals surface area contributed by atoms with E-state index in [1.54, 1.807) is 24.3 Å². The minimum atomic E-state index is -0.736. The molecule has 122 valence electrons. The molecule has 25 heavy (non-hydrogen) atoms. The monoisotopic (exact) mass is 369 g/mol. The number of amides is 3. The van der Waals surface area contributed by atoms with E-state index in [0.717, 1.165) is 5.39 Å². The van der Waals surface area contributed by atoms with E-state index >= 15 is 0 Å². The summed E-state index contributed by atoms with van der Waals surface area (Å²) in [7, 11) is 0. The number of carbonyl (C=O) groups excluding carboxylic acids is 3. The predicted molar refractivity (Wildman–Crippen MR) is 95.2 cm³/mol. The molecule has 6 heteroatoms. The van der Waals surface area contributed by atoms with Gasteiger partial charge in [-0.05, 0) is 35.7 Å². The summed E-state index contributed by atoms with van der Waals surface area (Å²) in [4.78, 5) is 39.1. The summed E-state index contributed by atoms with van der Waals surface area (Å²) < 4.78 is 0. The third-order valence-electron chi connectivity index (χ3n) is 4.14. The van der Waals surface area contributed by atoms with Crippen LogP contribution >= 0.6 is 23.2 Å². The maximum absolute atomic E-state index is 12.8. The molecule has 3 aromatic rings. The topological polar surface area (TPSA) is 54.5 Å². The number of imide groups is 3. The molecule has 0 aliphatic carbocycles. The zero-order valence-corrected chi connectivity index (χ0v) is 14.1. The van der Waals surface area contributed by atoms with Crippen LogP contribution < -0.4 is 0 Å². The average molecular weight is 370 g/mol. The molecule has 0 N–H and O–H groups in total. The van der Waals surface area contributed by atoms with Crippen molar-refractivity contribution in [3.63, 3.8) is 0 Å². The van der Waals surface area contributed by atoms with Crippen molar-refractivity contribution in [3.05, 3.63) is 81.3 Å². The predicted octanol–water partition coefficient (Wildman–Crippen LogP) is 4.58. The summed E-state index contributed by atoms with van der Waals surface area (Å²) in [5.74, 6) is -2.03. The first kappa shape index (κ1) is 15.8. The van der Waals surface area contributed by atoms with Gasteiger partial charge < -0.3 is 0 Å². The Bertz CT molecular complexity index is 1040. The van der Waals surface area contributed by atoms with Crippen LogP contribution in [0.5, 0.6) is 0 Å². The van der Waals surface area contributed by atoms with E-state index in [9.17, 15) is 14.4 Å². The summed E-state index contributed by atoms with van der Waals surface area (Å²) in [6.07, 6.45) is 0. The van der Waals surface area contributed by atoms with Crippen molar-refractivity contribution in [2.45, 2.75) is 0 Å². The fourth-order valence-electron chi connectivity index (χ4n) is 2.97. The minimum absolute atomic E-state index is 0.114. The number of hydrogen-bond donors (Lipinski definition) is 0. The first-order valence-corrected chi connectivity index (χ1v) is 8.14. The van der Waals surface area contributed by atoms with Gasteiger partial charge >= 0.3 is 0 Å². The van der Waals surface area contributed by atoms with Gasteiger partial charge in [0.1, 0.15) is 0 Å². The molecular formula is C19H9Cl2NO3. The Morgan fingerprint density at radius 3 is 1.96 bits per heavy atom. The van der Waals surface area contributed by atoms with Gasteiger partial charge in [-0.25, -0.2) is 4.90 Å². The van der Waals surface area contributed by atoms with E-state index in [4.69, 9.17) is 23.2 Å². The lowest BCUT2D eigenvalue weighted by Crippen LogP contribution is -2.44. The number of rotatable bonds is 1. The van der Waals surface area contributed by atoms with Crippen molar-refractivity contribution in [1.82, 2.24) is 4.90 Å². The first-order valence-electron chi connectivity index (χ1n) is 7.39. The maximum atomic E-state index is 12.8. The molecule has 0 radical (unpaired) electrons. The summed E-state index contributed by atoms with van der Waals surface area (Å²) in [6.45, 7) is 0. The van der Waals surface area contributed by atoms with Crippen LogP contribution in [0.4, 0.5) is 0 Å². The highest BCUT2D eigenvalue weighted by Gasteiger charge is 2.37. The van der Waals surface area contributed by atoms with Crippen LogP contribution in [0.3, 0.4) is 0 Å². The Morgan fingerprint density at radius 1 is 0.800 bits per heavy atom. The SMILES string of the molecule is O=C(c1ccc(Cl)c(Cl)c1)N1C(=O)c2cccc3cccc(c23)C1=O. The van der Waals surface area contributed by atoms with Gasteiger partial charge in [-0.3, -0.25) is 14.4 Å². The molecule has 0 bridgehead atoms. The smallest absolute Gasteiger partial charge is 0.268 e.